The lowest BCUT2D eigenvalue weighted by Gasteiger charge is -2.09. The van der Waals surface area contributed by atoms with Crippen molar-refractivity contribution in [2.45, 2.75) is 32.4 Å². The van der Waals surface area contributed by atoms with Gasteiger partial charge in [0.1, 0.15) is 0 Å². The van der Waals surface area contributed by atoms with Gasteiger partial charge in [0.15, 0.2) is 11.5 Å². The molecule has 2 rings (SSSR count). The van der Waals surface area contributed by atoms with Crippen LogP contribution in [0.15, 0.2) is 12.1 Å². The normalized spacial score (nSPS) is 14.5. The second-order valence-corrected chi connectivity index (χ2v) is 4.70. The highest BCUT2D eigenvalue weighted by Gasteiger charge is 2.19. The summed E-state index contributed by atoms with van der Waals surface area (Å²) in [6.07, 6.45) is 1.55. The second-order valence-electron chi connectivity index (χ2n) is 4.70. The highest BCUT2D eigenvalue weighted by Crippen LogP contribution is 2.41. The van der Waals surface area contributed by atoms with Crippen molar-refractivity contribution in [1.29, 1.82) is 0 Å². The molecule has 0 spiro atoms. The fourth-order valence-corrected chi connectivity index (χ4v) is 2.04. The zero-order valence-electron chi connectivity index (χ0n) is 11.4. The van der Waals surface area contributed by atoms with Crippen molar-refractivity contribution in [3.8, 4) is 17.2 Å². The number of hydrogen-bond acceptors (Lipinski definition) is 5. The zero-order chi connectivity index (χ0) is 13.7. The molecule has 5 heteroatoms. The van der Waals surface area contributed by atoms with Gasteiger partial charge in [-0.05, 0) is 44.0 Å². The summed E-state index contributed by atoms with van der Waals surface area (Å²) in [6.45, 7) is 3.67. The van der Waals surface area contributed by atoms with Crippen LogP contribution in [0, 0.1) is 0 Å². The van der Waals surface area contributed by atoms with Crippen LogP contribution < -0.4 is 19.5 Å². The average molecular weight is 267 g/mol. The van der Waals surface area contributed by atoms with E-state index < -0.39 is 0 Å². The molecule has 0 radical (unpaired) electrons. The molecule has 2 N–H and O–H groups in total. The summed E-state index contributed by atoms with van der Waals surface area (Å²) in [7, 11) is 1.62. The van der Waals surface area contributed by atoms with E-state index in [1.165, 1.54) is 0 Å². The minimum atomic E-state index is -0.229. The Bertz CT molecular complexity index is 420. The number of methoxy groups -OCH3 is 1. The fourth-order valence-electron chi connectivity index (χ4n) is 2.04. The van der Waals surface area contributed by atoms with Gasteiger partial charge in [0.2, 0.25) is 12.5 Å². The van der Waals surface area contributed by atoms with Gasteiger partial charge in [-0.1, -0.05) is 0 Å². The highest BCUT2D eigenvalue weighted by atomic mass is 16.7. The van der Waals surface area contributed by atoms with Gasteiger partial charge in [0.25, 0.3) is 0 Å². The van der Waals surface area contributed by atoms with Crippen LogP contribution in [-0.2, 0) is 6.54 Å². The predicted octanol–water partition coefficient (Wildman–Crippen LogP) is 1.67. The third-order valence-electron chi connectivity index (χ3n) is 3.02. The minimum absolute atomic E-state index is 0.229. The van der Waals surface area contributed by atoms with Crippen LogP contribution in [0.4, 0.5) is 0 Å². The molecule has 1 heterocycles. The van der Waals surface area contributed by atoms with Crippen LogP contribution in [0.2, 0.25) is 0 Å². The maximum atomic E-state index is 9.17. The van der Waals surface area contributed by atoms with Gasteiger partial charge in [0, 0.05) is 6.54 Å². The number of ether oxygens (including phenoxy) is 3. The second kappa shape index (κ2) is 6.63. The Labute approximate surface area is 113 Å². The molecule has 1 aliphatic heterocycles. The smallest absolute Gasteiger partial charge is 0.231 e. The number of aliphatic hydroxyl groups is 1. The highest BCUT2D eigenvalue weighted by molar-refractivity contribution is 5.55. The quantitative estimate of drug-likeness (QED) is 0.736. The first kappa shape index (κ1) is 14.0. The molecule has 1 aromatic rings. The third kappa shape index (κ3) is 3.75. The van der Waals surface area contributed by atoms with Crippen molar-refractivity contribution in [3.63, 3.8) is 0 Å². The predicted molar refractivity (Wildman–Crippen MR) is 71.7 cm³/mol. The fraction of sp³-hybridized carbons (Fsp3) is 0.571. The summed E-state index contributed by atoms with van der Waals surface area (Å²) in [5, 5.41) is 12.5. The molecule has 0 saturated carbocycles. The molecule has 0 aliphatic carbocycles. The van der Waals surface area contributed by atoms with Crippen LogP contribution in [0.1, 0.15) is 25.3 Å². The van der Waals surface area contributed by atoms with E-state index in [-0.39, 0.29) is 12.9 Å². The summed E-state index contributed by atoms with van der Waals surface area (Å²) in [5.41, 5.74) is 1.10. The first-order chi connectivity index (χ1) is 9.20. The van der Waals surface area contributed by atoms with E-state index in [2.05, 4.69) is 5.32 Å². The Balaban J connectivity index is 1.87. The Morgan fingerprint density at radius 3 is 3.00 bits per heavy atom. The molecule has 1 aliphatic rings. The van der Waals surface area contributed by atoms with Gasteiger partial charge < -0.3 is 24.6 Å². The number of nitrogens with one attached hydrogen (secondary N) is 1. The number of benzene rings is 1. The Morgan fingerprint density at radius 1 is 1.42 bits per heavy atom. The molecule has 1 atom stereocenters. The van der Waals surface area contributed by atoms with E-state index in [0.717, 1.165) is 37.2 Å². The molecule has 0 amide bonds. The lowest BCUT2D eigenvalue weighted by atomic mass is 10.1. The molecular formula is C14H21NO4. The maximum Gasteiger partial charge on any atom is 0.231 e. The number of hydrogen-bond donors (Lipinski definition) is 2. The largest absolute Gasteiger partial charge is 0.493 e. The Kier molecular flexibility index (Phi) is 4.87. The van der Waals surface area contributed by atoms with E-state index in [1.807, 2.05) is 19.1 Å². The molecule has 19 heavy (non-hydrogen) atoms. The van der Waals surface area contributed by atoms with Crippen LogP contribution in [0.3, 0.4) is 0 Å². The summed E-state index contributed by atoms with van der Waals surface area (Å²) in [6, 6.07) is 3.92. The van der Waals surface area contributed by atoms with Crippen molar-refractivity contribution in [3.05, 3.63) is 17.7 Å². The number of fused-ring (bicyclic) bond motifs is 1. The summed E-state index contributed by atoms with van der Waals surface area (Å²) in [5.74, 6) is 2.12. The summed E-state index contributed by atoms with van der Waals surface area (Å²) < 4.78 is 16.0. The summed E-state index contributed by atoms with van der Waals surface area (Å²) >= 11 is 0. The molecule has 1 unspecified atom stereocenters. The van der Waals surface area contributed by atoms with Gasteiger partial charge in [-0.3, -0.25) is 0 Å². The first-order valence-electron chi connectivity index (χ1n) is 6.56. The lowest BCUT2D eigenvalue weighted by Crippen LogP contribution is -2.16. The van der Waals surface area contributed by atoms with E-state index in [1.54, 1.807) is 7.11 Å². The molecule has 0 saturated heterocycles. The van der Waals surface area contributed by atoms with Crippen molar-refractivity contribution >= 4 is 0 Å². The lowest BCUT2D eigenvalue weighted by molar-refractivity contribution is 0.171. The van der Waals surface area contributed by atoms with E-state index in [0.29, 0.717) is 11.5 Å². The minimum Gasteiger partial charge on any atom is -0.493 e. The van der Waals surface area contributed by atoms with Crippen LogP contribution in [0.25, 0.3) is 0 Å². The SMILES string of the molecule is COc1cc(CNCCCC(C)O)cc2c1OCO2. The molecule has 0 aromatic heterocycles. The summed E-state index contributed by atoms with van der Waals surface area (Å²) in [4.78, 5) is 0. The Hall–Kier alpha value is -1.46. The van der Waals surface area contributed by atoms with Gasteiger partial charge in [-0.25, -0.2) is 0 Å². The number of rotatable bonds is 7. The van der Waals surface area contributed by atoms with Gasteiger partial charge >= 0.3 is 0 Å². The molecule has 1 aromatic carbocycles. The van der Waals surface area contributed by atoms with Crippen LogP contribution in [0.5, 0.6) is 17.2 Å². The van der Waals surface area contributed by atoms with Gasteiger partial charge in [-0.2, -0.15) is 0 Å². The van der Waals surface area contributed by atoms with Gasteiger partial charge in [0.05, 0.1) is 13.2 Å². The first-order valence-corrected chi connectivity index (χ1v) is 6.56. The monoisotopic (exact) mass is 267 g/mol. The van der Waals surface area contributed by atoms with Crippen molar-refractivity contribution in [2.24, 2.45) is 0 Å². The topological polar surface area (TPSA) is 60.0 Å². The van der Waals surface area contributed by atoms with Gasteiger partial charge in [-0.15, -0.1) is 0 Å². The van der Waals surface area contributed by atoms with Crippen LogP contribution >= 0.6 is 0 Å². The maximum absolute atomic E-state index is 9.17. The molecule has 0 bridgehead atoms. The third-order valence-corrected chi connectivity index (χ3v) is 3.02. The average Bonchev–Trinajstić information content (AvgIpc) is 2.85. The van der Waals surface area contributed by atoms with E-state index >= 15 is 0 Å². The molecular weight excluding hydrogens is 246 g/mol. The van der Waals surface area contributed by atoms with Crippen molar-refractivity contribution in [1.82, 2.24) is 5.32 Å². The molecule has 5 nitrogen and oxygen atoms in total. The molecule has 106 valence electrons. The van der Waals surface area contributed by atoms with Crippen LogP contribution in [-0.4, -0.2) is 31.7 Å². The Morgan fingerprint density at radius 2 is 2.26 bits per heavy atom. The van der Waals surface area contributed by atoms with Crippen molar-refractivity contribution in [2.75, 3.05) is 20.4 Å². The van der Waals surface area contributed by atoms with E-state index in [4.69, 9.17) is 19.3 Å². The standard InChI is InChI=1S/C14H21NO4/c1-10(16)4-3-5-15-8-11-6-12(17-2)14-13(7-11)18-9-19-14/h6-7,10,15-16H,3-5,8-9H2,1-2H3. The molecule has 0 fully saturated rings. The zero-order valence-corrected chi connectivity index (χ0v) is 11.4. The number of aliphatic hydroxyl groups excluding tert-OH is 1. The van der Waals surface area contributed by atoms with E-state index in [9.17, 15) is 0 Å². The van der Waals surface area contributed by atoms with Crippen molar-refractivity contribution < 1.29 is 19.3 Å².